The second kappa shape index (κ2) is 6.25. The molecular formula is C13H18N4O3. The van der Waals surface area contributed by atoms with Gasteiger partial charge in [-0.15, -0.1) is 0 Å². The van der Waals surface area contributed by atoms with Gasteiger partial charge in [-0.05, 0) is 19.1 Å². The van der Waals surface area contributed by atoms with Crippen LogP contribution in [0.1, 0.15) is 6.92 Å². The number of hydrogen-bond donors (Lipinski definition) is 3. The molecule has 1 heterocycles. The highest BCUT2D eigenvalue weighted by Gasteiger charge is 2.15. The van der Waals surface area contributed by atoms with Gasteiger partial charge in [0.2, 0.25) is 5.91 Å². The lowest BCUT2D eigenvalue weighted by Crippen LogP contribution is -2.39. The first-order chi connectivity index (χ1) is 9.60. The molecule has 1 atom stereocenters. The van der Waals surface area contributed by atoms with E-state index in [4.69, 9.17) is 14.9 Å². The summed E-state index contributed by atoms with van der Waals surface area (Å²) in [6, 6.07) is 5.03. The summed E-state index contributed by atoms with van der Waals surface area (Å²) >= 11 is 0. The van der Waals surface area contributed by atoms with Gasteiger partial charge < -0.3 is 25.5 Å². The normalized spacial score (nSPS) is 12.3. The van der Waals surface area contributed by atoms with Crippen LogP contribution < -0.4 is 16.4 Å². The van der Waals surface area contributed by atoms with Crippen molar-refractivity contribution in [2.75, 3.05) is 31.3 Å². The number of methoxy groups -OCH3 is 1. The van der Waals surface area contributed by atoms with Gasteiger partial charge in [0.15, 0.2) is 5.58 Å². The minimum Gasteiger partial charge on any atom is -0.423 e. The number of oxazole rings is 1. The zero-order valence-corrected chi connectivity index (χ0v) is 11.5. The van der Waals surface area contributed by atoms with E-state index in [9.17, 15) is 4.79 Å². The number of carbonyl (C=O) groups excluding carboxylic acids is 1. The molecule has 4 N–H and O–H groups in total. The van der Waals surface area contributed by atoms with Gasteiger partial charge in [-0.2, -0.15) is 4.98 Å². The summed E-state index contributed by atoms with van der Waals surface area (Å²) in [5.41, 5.74) is 7.54. The van der Waals surface area contributed by atoms with E-state index >= 15 is 0 Å². The van der Waals surface area contributed by atoms with E-state index in [0.29, 0.717) is 36.0 Å². The Kier molecular flexibility index (Phi) is 4.41. The average Bonchev–Trinajstić information content (AvgIpc) is 2.80. The SMILES string of the molecule is COCCNC(=O)C(C)Nc1nc2ccc(N)cc2o1. The molecule has 0 fully saturated rings. The molecule has 0 saturated heterocycles. The summed E-state index contributed by atoms with van der Waals surface area (Å²) < 4.78 is 10.4. The number of nitrogens with zero attached hydrogens (tertiary/aromatic N) is 1. The van der Waals surface area contributed by atoms with Gasteiger partial charge in [-0.3, -0.25) is 4.79 Å². The second-order valence-electron chi connectivity index (χ2n) is 4.40. The van der Waals surface area contributed by atoms with Crippen LogP contribution in [0.2, 0.25) is 0 Å². The fraction of sp³-hybridized carbons (Fsp3) is 0.385. The van der Waals surface area contributed by atoms with Crippen LogP contribution in [0.4, 0.5) is 11.7 Å². The van der Waals surface area contributed by atoms with Crippen molar-refractivity contribution in [3.8, 4) is 0 Å². The van der Waals surface area contributed by atoms with Crippen LogP contribution in [0.15, 0.2) is 22.6 Å². The Hall–Kier alpha value is -2.28. The maximum atomic E-state index is 11.8. The molecule has 0 radical (unpaired) electrons. The number of ether oxygens (including phenoxy) is 1. The van der Waals surface area contributed by atoms with E-state index in [0.717, 1.165) is 0 Å². The Balaban J connectivity index is 1.98. The van der Waals surface area contributed by atoms with Crippen molar-refractivity contribution in [2.45, 2.75) is 13.0 Å². The van der Waals surface area contributed by atoms with Gasteiger partial charge >= 0.3 is 0 Å². The lowest BCUT2D eigenvalue weighted by atomic mass is 10.3. The Morgan fingerprint density at radius 1 is 1.55 bits per heavy atom. The monoisotopic (exact) mass is 278 g/mol. The number of amides is 1. The minimum atomic E-state index is -0.461. The van der Waals surface area contributed by atoms with Crippen LogP contribution in [0.3, 0.4) is 0 Å². The van der Waals surface area contributed by atoms with E-state index in [1.807, 2.05) is 0 Å². The van der Waals surface area contributed by atoms with Crippen LogP contribution >= 0.6 is 0 Å². The molecule has 1 aromatic carbocycles. The predicted octanol–water partition coefficient (Wildman–Crippen LogP) is 0.973. The molecule has 0 bridgehead atoms. The fourth-order valence-electron chi connectivity index (χ4n) is 1.68. The number of fused-ring (bicyclic) bond motifs is 1. The molecule has 2 rings (SSSR count). The van der Waals surface area contributed by atoms with Crippen LogP contribution in [0.25, 0.3) is 11.1 Å². The van der Waals surface area contributed by atoms with Crippen molar-refractivity contribution >= 4 is 28.7 Å². The Morgan fingerprint density at radius 3 is 3.10 bits per heavy atom. The Bertz CT molecular complexity index is 596. The zero-order valence-electron chi connectivity index (χ0n) is 11.5. The lowest BCUT2D eigenvalue weighted by Gasteiger charge is -2.12. The summed E-state index contributed by atoms with van der Waals surface area (Å²) in [5.74, 6) is -0.149. The first-order valence-electron chi connectivity index (χ1n) is 6.29. The molecule has 1 unspecified atom stereocenters. The molecule has 1 aromatic heterocycles. The van der Waals surface area contributed by atoms with Gasteiger partial charge in [0.25, 0.3) is 6.01 Å². The molecule has 0 aliphatic heterocycles. The van der Waals surface area contributed by atoms with Crippen LogP contribution in [0.5, 0.6) is 0 Å². The highest BCUT2D eigenvalue weighted by atomic mass is 16.5. The van der Waals surface area contributed by atoms with Crippen molar-refractivity contribution in [3.63, 3.8) is 0 Å². The zero-order chi connectivity index (χ0) is 14.5. The molecule has 108 valence electrons. The van der Waals surface area contributed by atoms with Gasteiger partial charge in [0.05, 0.1) is 6.61 Å². The summed E-state index contributed by atoms with van der Waals surface area (Å²) in [7, 11) is 1.58. The number of rotatable bonds is 6. The molecule has 0 saturated carbocycles. The number of nitrogens with one attached hydrogen (secondary N) is 2. The number of anilines is 2. The van der Waals surface area contributed by atoms with E-state index < -0.39 is 6.04 Å². The Morgan fingerprint density at radius 2 is 2.35 bits per heavy atom. The first-order valence-corrected chi connectivity index (χ1v) is 6.29. The summed E-state index contributed by atoms with van der Waals surface area (Å²) in [5, 5.41) is 5.64. The molecule has 0 aliphatic carbocycles. The Labute approximate surface area is 116 Å². The van der Waals surface area contributed by atoms with Crippen molar-refractivity contribution in [1.82, 2.24) is 10.3 Å². The maximum Gasteiger partial charge on any atom is 0.296 e. The summed E-state index contributed by atoms with van der Waals surface area (Å²) in [6.07, 6.45) is 0. The van der Waals surface area contributed by atoms with E-state index in [2.05, 4.69) is 15.6 Å². The molecule has 1 amide bonds. The quantitative estimate of drug-likeness (QED) is 0.537. The smallest absolute Gasteiger partial charge is 0.296 e. The topological polar surface area (TPSA) is 102 Å². The molecular weight excluding hydrogens is 260 g/mol. The maximum absolute atomic E-state index is 11.8. The number of benzene rings is 1. The van der Waals surface area contributed by atoms with Gasteiger partial charge in [-0.25, -0.2) is 0 Å². The van der Waals surface area contributed by atoms with E-state index in [1.54, 1.807) is 32.2 Å². The third-order valence-corrected chi connectivity index (χ3v) is 2.75. The number of aromatic nitrogens is 1. The second-order valence-corrected chi connectivity index (χ2v) is 4.40. The van der Waals surface area contributed by atoms with Crippen LogP contribution in [-0.2, 0) is 9.53 Å². The third-order valence-electron chi connectivity index (χ3n) is 2.75. The predicted molar refractivity (Wildman–Crippen MR) is 76.4 cm³/mol. The molecule has 20 heavy (non-hydrogen) atoms. The van der Waals surface area contributed by atoms with E-state index in [-0.39, 0.29) is 5.91 Å². The van der Waals surface area contributed by atoms with Crippen molar-refractivity contribution in [1.29, 1.82) is 0 Å². The lowest BCUT2D eigenvalue weighted by molar-refractivity contribution is -0.121. The highest BCUT2D eigenvalue weighted by Crippen LogP contribution is 2.21. The van der Waals surface area contributed by atoms with Crippen molar-refractivity contribution < 1.29 is 13.9 Å². The molecule has 0 spiro atoms. The fourth-order valence-corrected chi connectivity index (χ4v) is 1.68. The molecule has 7 heteroatoms. The highest BCUT2D eigenvalue weighted by molar-refractivity contribution is 5.84. The third kappa shape index (κ3) is 3.39. The number of hydrogen-bond acceptors (Lipinski definition) is 6. The number of nitrogen functional groups attached to an aromatic ring is 1. The van der Waals surface area contributed by atoms with Gasteiger partial charge in [-0.1, -0.05) is 0 Å². The standard InChI is InChI=1S/C13H18N4O3/c1-8(12(18)15-5-6-19-2)16-13-17-10-4-3-9(14)7-11(10)20-13/h3-4,7-8H,5-6,14H2,1-2H3,(H,15,18)(H,16,17). The van der Waals surface area contributed by atoms with Crippen molar-refractivity contribution in [2.24, 2.45) is 0 Å². The van der Waals surface area contributed by atoms with Crippen LogP contribution in [0, 0.1) is 0 Å². The average molecular weight is 278 g/mol. The largest absolute Gasteiger partial charge is 0.423 e. The van der Waals surface area contributed by atoms with Gasteiger partial charge in [0.1, 0.15) is 11.6 Å². The van der Waals surface area contributed by atoms with Crippen LogP contribution in [-0.4, -0.2) is 37.2 Å². The van der Waals surface area contributed by atoms with Crippen molar-refractivity contribution in [3.05, 3.63) is 18.2 Å². The van der Waals surface area contributed by atoms with Gasteiger partial charge in [0, 0.05) is 25.4 Å². The molecule has 0 aliphatic rings. The number of nitrogens with two attached hydrogens (primary N) is 1. The molecule has 2 aromatic rings. The minimum absolute atomic E-state index is 0.149. The molecule has 7 nitrogen and oxygen atoms in total. The first kappa shape index (κ1) is 14.1. The summed E-state index contributed by atoms with van der Waals surface area (Å²) in [6.45, 7) is 2.66. The van der Waals surface area contributed by atoms with E-state index in [1.165, 1.54) is 0 Å². The number of carbonyl (C=O) groups is 1. The summed E-state index contributed by atoms with van der Waals surface area (Å²) in [4.78, 5) is 16.0.